The summed E-state index contributed by atoms with van der Waals surface area (Å²) in [6.45, 7) is 9.10. The lowest BCUT2D eigenvalue weighted by Crippen LogP contribution is -2.41. The van der Waals surface area contributed by atoms with E-state index in [1.54, 1.807) is 6.08 Å². The van der Waals surface area contributed by atoms with Crippen LogP contribution in [0.4, 0.5) is 0 Å². The Bertz CT molecular complexity index is 197. The average Bonchev–Trinajstić information content (AvgIpc) is 2.26. The first kappa shape index (κ1) is 11.2. The number of piperidine rings is 1. The van der Waals surface area contributed by atoms with Crippen LogP contribution >= 0.6 is 0 Å². The molecule has 1 aliphatic rings. The summed E-state index contributed by atoms with van der Waals surface area (Å²) in [5.74, 6) is 0.532. The quantitative estimate of drug-likeness (QED) is 0.681. The van der Waals surface area contributed by atoms with E-state index in [4.69, 9.17) is 0 Å². The van der Waals surface area contributed by atoms with E-state index in [1.165, 1.54) is 0 Å². The molecule has 1 saturated heterocycles. The number of nitrogens with zero attached hydrogens (tertiary/aromatic N) is 1. The molecular formula is C11H20N2O. The van der Waals surface area contributed by atoms with E-state index in [2.05, 4.69) is 11.9 Å². The van der Waals surface area contributed by atoms with Crippen LogP contribution in [0.25, 0.3) is 0 Å². The van der Waals surface area contributed by atoms with Crippen molar-refractivity contribution in [3.05, 3.63) is 12.7 Å². The Hall–Kier alpha value is -0.830. The number of nitrogens with one attached hydrogen (secondary N) is 1. The second-order valence-electron chi connectivity index (χ2n) is 3.69. The van der Waals surface area contributed by atoms with Crippen molar-refractivity contribution in [1.82, 2.24) is 10.2 Å². The molecule has 1 amide bonds. The Morgan fingerprint density at radius 2 is 2.21 bits per heavy atom. The van der Waals surface area contributed by atoms with Crippen LogP contribution in [0.3, 0.4) is 0 Å². The highest BCUT2D eigenvalue weighted by molar-refractivity contribution is 5.79. The monoisotopic (exact) mass is 196 g/mol. The number of hydrogen-bond donors (Lipinski definition) is 1. The molecule has 1 rings (SSSR count). The maximum Gasteiger partial charge on any atom is 0.226 e. The second-order valence-corrected chi connectivity index (χ2v) is 3.69. The Kier molecular flexibility index (Phi) is 4.66. The Balaban J connectivity index is 2.47. The standard InChI is InChI=1S/C11H20N2O/c1-3-9-13(4-2)11(14)10-5-7-12-8-6-10/h3,10,12H,1,4-9H2,2H3. The summed E-state index contributed by atoms with van der Waals surface area (Å²) < 4.78 is 0. The molecule has 0 bridgehead atoms. The Morgan fingerprint density at radius 3 is 2.71 bits per heavy atom. The lowest BCUT2D eigenvalue weighted by atomic mass is 9.96. The molecule has 0 unspecified atom stereocenters. The van der Waals surface area contributed by atoms with Crippen LogP contribution in [-0.4, -0.2) is 37.0 Å². The summed E-state index contributed by atoms with van der Waals surface area (Å²) in [7, 11) is 0. The number of amides is 1. The van der Waals surface area contributed by atoms with Crippen molar-refractivity contribution in [2.24, 2.45) is 5.92 Å². The summed E-state index contributed by atoms with van der Waals surface area (Å²) in [6.07, 6.45) is 3.75. The van der Waals surface area contributed by atoms with Gasteiger partial charge in [0.25, 0.3) is 0 Å². The largest absolute Gasteiger partial charge is 0.339 e. The number of carbonyl (C=O) groups excluding carboxylic acids is 1. The van der Waals surface area contributed by atoms with Crippen molar-refractivity contribution in [1.29, 1.82) is 0 Å². The summed E-state index contributed by atoms with van der Waals surface area (Å²) in [5.41, 5.74) is 0. The zero-order valence-corrected chi connectivity index (χ0v) is 8.96. The predicted octanol–water partition coefficient (Wildman–Crippen LogP) is 1.02. The molecule has 0 saturated carbocycles. The van der Waals surface area contributed by atoms with Gasteiger partial charge in [-0.05, 0) is 32.9 Å². The maximum absolute atomic E-state index is 12.0. The van der Waals surface area contributed by atoms with Crippen molar-refractivity contribution < 1.29 is 4.79 Å². The minimum absolute atomic E-state index is 0.233. The van der Waals surface area contributed by atoms with Gasteiger partial charge in [-0.25, -0.2) is 0 Å². The van der Waals surface area contributed by atoms with Crippen LogP contribution in [0, 0.1) is 5.92 Å². The first-order chi connectivity index (χ1) is 6.79. The highest BCUT2D eigenvalue weighted by Crippen LogP contribution is 2.14. The zero-order valence-electron chi connectivity index (χ0n) is 8.96. The lowest BCUT2D eigenvalue weighted by molar-refractivity contribution is -0.135. The van der Waals surface area contributed by atoms with Gasteiger partial charge in [0.1, 0.15) is 0 Å². The molecule has 0 aromatic carbocycles. The van der Waals surface area contributed by atoms with Gasteiger partial charge in [-0.1, -0.05) is 6.08 Å². The van der Waals surface area contributed by atoms with Crippen molar-refractivity contribution in [3.63, 3.8) is 0 Å². The molecule has 1 N–H and O–H groups in total. The number of likely N-dealkylation sites (N-methyl/N-ethyl adjacent to an activating group) is 1. The fraction of sp³-hybridized carbons (Fsp3) is 0.727. The van der Waals surface area contributed by atoms with Gasteiger partial charge in [0.2, 0.25) is 5.91 Å². The minimum atomic E-state index is 0.233. The molecule has 1 heterocycles. The van der Waals surface area contributed by atoms with Gasteiger partial charge in [-0.2, -0.15) is 0 Å². The highest BCUT2D eigenvalue weighted by atomic mass is 16.2. The normalized spacial score (nSPS) is 17.8. The van der Waals surface area contributed by atoms with Gasteiger partial charge >= 0.3 is 0 Å². The van der Waals surface area contributed by atoms with E-state index >= 15 is 0 Å². The summed E-state index contributed by atoms with van der Waals surface area (Å²) in [6, 6.07) is 0. The molecule has 14 heavy (non-hydrogen) atoms. The molecule has 1 aliphatic heterocycles. The fourth-order valence-corrected chi connectivity index (χ4v) is 1.86. The highest BCUT2D eigenvalue weighted by Gasteiger charge is 2.24. The molecular weight excluding hydrogens is 176 g/mol. The van der Waals surface area contributed by atoms with Crippen LogP contribution in [0.1, 0.15) is 19.8 Å². The molecule has 0 aromatic rings. The van der Waals surface area contributed by atoms with Crippen molar-refractivity contribution in [2.75, 3.05) is 26.2 Å². The molecule has 0 spiro atoms. The number of carbonyl (C=O) groups is 1. The maximum atomic E-state index is 12.0. The first-order valence-electron chi connectivity index (χ1n) is 5.40. The molecule has 0 aliphatic carbocycles. The molecule has 1 fully saturated rings. The van der Waals surface area contributed by atoms with E-state index in [0.717, 1.165) is 32.5 Å². The molecule has 0 atom stereocenters. The summed E-state index contributed by atoms with van der Waals surface area (Å²) in [4.78, 5) is 13.8. The van der Waals surface area contributed by atoms with Crippen LogP contribution in [0.2, 0.25) is 0 Å². The number of hydrogen-bond acceptors (Lipinski definition) is 2. The van der Waals surface area contributed by atoms with Gasteiger partial charge in [-0.3, -0.25) is 4.79 Å². The van der Waals surface area contributed by atoms with Gasteiger partial charge in [0.05, 0.1) is 0 Å². The van der Waals surface area contributed by atoms with Crippen molar-refractivity contribution >= 4 is 5.91 Å². The predicted molar refractivity (Wildman–Crippen MR) is 58.0 cm³/mol. The third-order valence-corrected chi connectivity index (χ3v) is 2.73. The minimum Gasteiger partial charge on any atom is -0.339 e. The average molecular weight is 196 g/mol. The SMILES string of the molecule is C=CCN(CC)C(=O)C1CCNCC1. The van der Waals surface area contributed by atoms with E-state index in [9.17, 15) is 4.79 Å². The van der Waals surface area contributed by atoms with Crippen molar-refractivity contribution in [2.45, 2.75) is 19.8 Å². The van der Waals surface area contributed by atoms with Gasteiger partial charge in [-0.15, -0.1) is 6.58 Å². The zero-order chi connectivity index (χ0) is 10.4. The topological polar surface area (TPSA) is 32.3 Å². The molecule has 3 nitrogen and oxygen atoms in total. The van der Waals surface area contributed by atoms with Crippen molar-refractivity contribution in [3.8, 4) is 0 Å². The number of rotatable bonds is 4. The third kappa shape index (κ3) is 2.84. The van der Waals surface area contributed by atoms with E-state index in [1.807, 2.05) is 11.8 Å². The Labute approximate surface area is 86.2 Å². The summed E-state index contributed by atoms with van der Waals surface area (Å²) in [5, 5.41) is 3.27. The van der Waals surface area contributed by atoms with Gasteiger partial charge < -0.3 is 10.2 Å². The van der Waals surface area contributed by atoms with E-state index in [-0.39, 0.29) is 5.92 Å². The third-order valence-electron chi connectivity index (χ3n) is 2.73. The summed E-state index contributed by atoms with van der Waals surface area (Å²) >= 11 is 0. The fourth-order valence-electron chi connectivity index (χ4n) is 1.86. The second kappa shape index (κ2) is 5.81. The van der Waals surface area contributed by atoms with Gasteiger partial charge in [0, 0.05) is 19.0 Å². The Morgan fingerprint density at radius 1 is 1.57 bits per heavy atom. The molecule has 80 valence electrons. The van der Waals surface area contributed by atoms with Gasteiger partial charge in [0.15, 0.2) is 0 Å². The molecule has 3 heteroatoms. The molecule has 0 radical (unpaired) electrons. The van der Waals surface area contributed by atoms with Crippen LogP contribution in [-0.2, 0) is 4.79 Å². The first-order valence-corrected chi connectivity index (χ1v) is 5.40. The smallest absolute Gasteiger partial charge is 0.226 e. The van der Waals surface area contributed by atoms with Crippen LogP contribution in [0.15, 0.2) is 12.7 Å². The molecule has 0 aromatic heterocycles. The van der Waals surface area contributed by atoms with Crippen LogP contribution in [0.5, 0.6) is 0 Å². The van der Waals surface area contributed by atoms with E-state index < -0.39 is 0 Å². The van der Waals surface area contributed by atoms with E-state index in [0.29, 0.717) is 12.5 Å². The lowest BCUT2D eigenvalue weighted by Gasteiger charge is -2.28. The van der Waals surface area contributed by atoms with Crippen LogP contribution < -0.4 is 5.32 Å².